The lowest BCUT2D eigenvalue weighted by Gasteiger charge is -2.12. The van der Waals surface area contributed by atoms with Crippen LogP contribution in [0.25, 0.3) is 6.08 Å². The molecule has 0 radical (unpaired) electrons. The quantitative estimate of drug-likeness (QED) is 0.449. The lowest BCUT2D eigenvalue weighted by Crippen LogP contribution is -2.18. The molecule has 0 saturated heterocycles. The molecule has 1 amide bonds. The summed E-state index contributed by atoms with van der Waals surface area (Å²) in [6.45, 7) is 0. The number of rotatable bonds is 6. The molecule has 1 N–H and O–H groups in total. The maximum absolute atomic E-state index is 12.7. The maximum atomic E-state index is 12.7. The van der Waals surface area contributed by atoms with Gasteiger partial charge < -0.3 is 5.32 Å². The molecule has 1 fully saturated rings. The van der Waals surface area contributed by atoms with E-state index in [1.165, 1.54) is 36.4 Å². The molecule has 3 rings (SSSR count). The number of sulfone groups is 1. The van der Waals surface area contributed by atoms with Gasteiger partial charge in [0.2, 0.25) is 5.91 Å². The third kappa shape index (κ3) is 4.45. The molecule has 0 heterocycles. The normalized spacial score (nSPS) is 15.0. The standard InChI is InChI=1S/C20H20N2O5S/c23-20(13-12-15-6-1-4-11-19(15)22(24)25)21-16-7-5-10-18(14-16)28(26,27)17-8-2-3-9-17/h1,4-7,10-14,17H,2-3,8-9H2,(H,21,23)/b13-12+. The molecule has 146 valence electrons. The predicted molar refractivity (Wildman–Crippen MR) is 107 cm³/mol. The highest BCUT2D eigenvalue weighted by Crippen LogP contribution is 2.30. The number of carbonyl (C=O) groups is 1. The first-order valence-corrected chi connectivity index (χ1v) is 10.5. The van der Waals surface area contributed by atoms with Gasteiger partial charge >= 0.3 is 0 Å². The lowest BCUT2D eigenvalue weighted by atomic mass is 10.1. The fourth-order valence-corrected chi connectivity index (χ4v) is 5.18. The van der Waals surface area contributed by atoms with E-state index in [9.17, 15) is 23.3 Å². The monoisotopic (exact) mass is 400 g/mol. The zero-order valence-electron chi connectivity index (χ0n) is 15.1. The van der Waals surface area contributed by atoms with Gasteiger partial charge in [0.1, 0.15) is 0 Å². The smallest absolute Gasteiger partial charge is 0.276 e. The number of anilines is 1. The van der Waals surface area contributed by atoms with E-state index in [1.54, 1.807) is 24.3 Å². The number of hydrogen-bond acceptors (Lipinski definition) is 5. The van der Waals surface area contributed by atoms with Gasteiger partial charge in [0.25, 0.3) is 5.69 Å². The Labute approximate surface area is 163 Å². The lowest BCUT2D eigenvalue weighted by molar-refractivity contribution is -0.385. The van der Waals surface area contributed by atoms with Crippen LogP contribution in [0.4, 0.5) is 11.4 Å². The molecule has 0 aromatic heterocycles. The topological polar surface area (TPSA) is 106 Å². The molecular weight excluding hydrogens is 380 g/mol. The van der Waals surface area contributed by atoms with Gasteiger partial charge in [-0.2, -0.15) is 0 Å². The molecule has 28 heavy (non-hydrogen) atoms. The van der Waals surface area contributed by atoms with Gasteiger partial charge in [0, 0.05) is 17.8 Å². The van der Waals surface area contributed by atoms with Crippen molar-refractivity contribution in [1.82, 2.24) is 0 Å². The van der Waals surface area contributed by atoms with Crippen LogP contribution in [0.3, 0.4) is 0 Å². The highest BCUT2D eigenvalue weighted by atomic mass is 32.2. The summed E-state index contributed by atoms with van der Waals surface area (Å²) >= 11 is 0. The minimum absolute atomic E-state index is 0.101. The average molecular weight is 400 g/mol. The van der Waals surface area contributed by atoms with Crippen molar-refractivity contribution in [1.29, 1.82) is 0 Å². The number of nitro benzene ring substituents is 1. The Morgan fingerprint density at radius 3 is 2.54 bits per heavy atom. The summed E-state index contributed by atoms with van der Waals surface area (Å²) < 4.78 is 25.4. The summed E-state index contributed by atoms with van der Waals surface area (Å²) in [5.74, 6) is -0.506. The molecule has 7 nitrogen and oxygen atoms in total. The number of nitrogens with one attached hydrogen (secondary N) is 1. The molecule has 1 aliphatic carbocycles. The summed E-state index contributed by atoms with van der Waals surface area (Å²) in [5.41, 5.74) is 0.563. The summed E-state index contributed by atoms with van der Waals surface area (Å²) in [7, 11) is -3.41. The molecule has 0 unspecified atom stereocenters. The highest BCUT2D eigenvalue weighted by Gasteiger charge is 2.30. The summed E-state index contributed by atoms with van der Waals surface area (Å²) in [6, 6.07) is 12.3. The molecule has 0 atom stereocenters. The van der Waals surface area contributed by atoms with Gasteiger partial charge in [-0.05, 0) is 43.2 Å². The SMILES string of the molecule is O=C(/C=C/c1ccccc1[N+](=O)[O-])Nc1cccc(S(=O)(=O)C2CCCC2)c1. The van der Waals surface area contributed by atoms with Crippen molar-refractivity contribution < 1.29 is 18.1 Å². The van der Waals surface area contributed by atoms with Crippen molar-refractivity contribution in [2.45, 2.75) is 35.8 Å². The molecule has 0 aliphatic heterocycles. The van der Waals surface area contributed by atoms with Crippen LogP contribution in [0.1, 0.15) is 31.2 Å². The fraction of sp³-hybridized carbons (Fsp3) is 0.250. The van der Waals surface area contributed by atoms with Gasteiger partial charge in [-0.25, -0.2) is 8.42 Å². The summed E-state index contributed by atoms with van der Waals surface area (Å²) in [5, 5.41) is 13.3. The number of hydrogen-bond donors (Lipinski definition) is 1. The second-order valence-corrected chi connectivity index (χ2v) is 8.85. The van der Waals surface area contributed by atoms with Gasteiger partial charge in [0.05, 0.1) is 20.6 Å². The Bertz CT molecular complexity index is 1020. The van der Waals surface area contributed by atoms with E-state index in [2.05, 4.69) is 5.32 Å². The van der Waals surface area contributed by atoms with Crippen LogP contribution >= 0.6 is 0 Å². The summed E-state index contributed by atoms with van der Waals surface area (Å²) in [4.78, 5) is 22.9. The van der Waals surface area contributed by atoms with Crippen molar-refractivity contribution in [3.05, 3.63) is 70.3 Å². The molecule has 0 spiro atoms. The Kier molecular flexibility index (Phi) is 5.89. The average Bonchev–Trinajstić information content (AvgIpc) is 3.22. The number of benzene rings is 2. The molecule has 2 aromatic rings. The zero-order chi connectivity index (χ0) is 20.1. The van der Waals surface area contributed by atoms with Gasteiger partial charge in [-0.3, -0.25) is 14.9 Å². The van der Waals surface area contributed by atoms with Crippen LogP contribution in [-0.2, 0) is 14.6 Å². The molecule has 1 aliphatic rings. The van der Waals surface area contributed by atoms with E-state index in [0.717, 1.165) is 12.8 Å². The van der Waals surface area contributed by atoms with Crippen molar-refractivity contribution in [3.63, 3.8) is 0 Å². The van der Waals surface area contributed by atoms with Crippen molar-refractivity contribution in [2.75, 3.05) is 5.32 Å². The Balaban J connectivity index is 1.74. The minimum Gasteiger partial charge on any atom is -0.322 e. The zero-order valence-corrected chi connectivity index (χ0v) is 15.9. The van der Waals surface area contributed by atoms with Crippen LogP contribution in [0.2, 0.25) is 0 Å². The third-order valence-electron chi connectivity index (χ3n) is 4.72. The van der Waals surface area contributed by atoms with E-state index < -0.39 is 20.7 Å². The Morgan fingerprint density at radius 1 is 1.11 bits per heavy atom. The van der Waals surface area contributed by atoms with Crippen LogP contribution in [0, 0.1) is 10.1 Å². The number of carbonyl (C=O) groups excluding carboxylic acids is 1. The Morgan fingerprint density at radius 2 is 1.82 bits per heavy atom. The molecular formula is C20H20N2O5S. The van der Waals surface area contributed by atoms with Crippen LogP contribution in [0.5, 0.6) is 0 Å². The summed E-state index contributed by atoms with van der Waals surface area (Å²) in [6.07, 6.45) is 5.69. The Hall–Kier alpha value is -3.00. The number of amides is 1. The van der Waals surface area contributed by atoms with Crippen LogP contribution in [0.15, 0.2) is 59.5 Å². The second kappa shape index (κ2) is 8.35. The number of nitro groups is 1. The fourth-order valence-electron chi connectivity index (χ4n) is 3.29. The first-order chi connectivity index (χ1) is 13.4. The van der Waals surface area contributed by atoms with E-state index in [1.807, 2.05) is 0 Å². The molecule has 1 saturated carbocycles. The van der Waals surface area contributed by atoms with Gasteiger partial charge in [-0.15, -0.1) is 0 Å². The number of para-hydroxylation sites is 1. The van der Waals surface area contributed by atoms with Crippen molar-refractivity contribution >= 4 is 33.2 Å². The molecule has 8 heteroatoms. The van der Waals surface area contributed by atoms with Gasteiger partial charge in [-0.1, -0.05) is 31.0 Å². The van der Waals surface area contributed by atoms with Crippen molar-refractivity contribution in [3.8, 4) is 0 Å². The van der Waals surface area contributed by atoms with Crippen molar-refractivity contribution in [2.24, 2.45) is 0 Å². The van der Waals surface area contributed by atoms with E-state index >= 15 is 0 Å². The minimum atomic E-state index is -3.41. The first kappa shape index (κ1) is 19.8. The van der Waals surface area contributed by atoms with E-state index in [4.69, 9.17) is 0 Å². The molecule has 0 bridgehead atoms. The predicted octanol–water partition coefficient (Wildman–Crippen LogP) is 3.96. The van der Waals surface area contributed by atoms with Crippen LogP contribution < -0.4 is 5.32 Å². The third-order valence-corrected chi connectivity index (χ3v) is 6.98. The van der Waals surface area contributed by atoms with Crippen LogP contribution in [-0.4, -0.2) is 24.5 Å². The molecule has 2 aromatic carbocycles. The van der Waals surface area contributed by atoms with Gasteiger partial charge in [0.15, 0.2) is 9.84 Å². The second-order valence-electron chi connectivity index (χ2n) is 6.62. The first-order valence-electron chi connectivity index (χ1n) is 8.94. The highest BCUT2D eigenvalue weighted by molar-refractivity contribution is 7.92. The largest absolute Gasteiger partial charge is 0.322 e. The number of nitrogens with zero attached hydrogens (tertiary/aromatic N) is 1. The van der Waals surface area contributed by atoms with E-state index in [0.29, 0.717) is 24.1 Å². The van der Waals surface area contributed by atoms with E-state index in [-0.39, 0.29) is 15.8 Å². The maximum Gasteiger partial charge on any atom is 0.276 e.